The lowest BCUT2D eigenvalue weighted by atomic mass is 9.89. The zero-order valence-corrected chi connectivity index (χ0v) is 12.3. The lowest BCUT2D eigenvalue weighted by molar-refractivity contribution is -0.143. The van der Waals surface area contributed by atoms with E-state index in [1.807, 2.05) is 12.2 Å². The average molecular weight is 296 g/mol. The van der Waals surface area contributed by atoms with Crippen LogP contribution in [-0.4, -0.2) is 45.7 Å². The average Bonchev–Trinajstić information content (AvgIpc) is 2.76. The molecular formula is C16H24O5. The van der Waals surface area contributed by atoms with Crippen LogP contribution >= 0.6 is 0 Å². The smallest absolute Gasteiger partial charge is 0.330 e. The predicted octanol–water partition coefficient (Wildman–Crippen LogP) is 0.933. The van der Waals surface area contributed by atoms with Crippen LogP contribution in [-0.2, 0) is 9.53 Å². The van der Waals surface area contributed by atoms with Crippen LogP contribution in [0.3, 0.4) is 0 Å². The highest BCUT2D eigenvalue weighted by Crippen LogP contribution is 2.36. The fourth-order valence-corrected chi connectivity index (χ4v) is 3.18. The standard InChI is InChI=1S/C16H24O5/c1-10-7-12(17)4-2-3-11-8-13(18)9-14(11)15(19)5-6-16(20)21-10/h2-3,5-6,10-15,17-19H,4,7-9H2,1H3/b3-2+,6-5+/t10-,11-,12+,13+,14+,15-/m1/s1. The van der Waals surface area contributed by atoms with E-state index in [-0.39, 0.29) is 17.9 Å². The van der Waals surface area contributed by atoms with E-state index < -0.39 is 24.3 Å². The minimum absolute atomic E-state index is 0.0565. The van der Waals surface area contributed by atoms with Gasteiger partial charge in [0.15, 0.2) is 0 Å². The maximum Gasteiger partial charge on any atom is 0.330 e. The number of ether oxygens (including phenoxy) is 1. The number of aliphatic hydroxyl groups excluding tert-OH is 3. The van der Waals surface area contributed by atoms with Crippen molar-refractivity contribution in [3.05, 3.63) is 24.3 Å². The quantitative estimate of drug-likeness (QED) is 0.457. The molecule has 0 radical (unpaired) electrons. The summed E-state index contributed by atoms with van der Waals surface area (Å²) in [6.45, 7) is 1.74. The third kappa shape index (κ3) is 4.66. The van der Waals surface area contributed by atoms with E-state index in [1.165, 1.54) is 12.2 Å². The van der Waals surface area contributed by atoms with Gasteiger partial charge in [-0.05, 0) is 44.1 Å². The number of rotatable bonds is 0. The number of cyclic esters (lactones) is 1. The van der Waals surface area contributed by atoms with E-state index in [0.29, 0.717) is 25.7 Å². The minimum Gasteiger partial charge on any atom is -0.459 e. The normalized spacial score (nSPS) is 44.7. The Hall–Kier alpha value is -1.17. The fraction of sp³-hybridized carbons (Fsp3) is 0.688. The number of esters is 1. The molecule has 1 aliphatic heterocycles. The predicted molar refractivity (Wildman–Crippen MR) is 77.3 cm³/mol. The molecule has 0 spiro atoms. The first-order chi connectivity index (χ1) is 9.95. The first kappa shape index (κ1) is 16.2. The fourth-order valence-electron chi connectivity index (χ4n) is 3.18. The Morgan fingerprint density at radius 2 is 1.86 bits per heavy atom. The Labute approximate surface area is 124 Å². The monoisotopic (exact) mass is 296 g/mol. The summed E-state index contributed by atoms with van der Waals surface area (Å²) in [4.78, 5) is 11.6. The molecule has 118 valence electrons. The van der Waals surface area contributed by atoms with Crippen molar-refractivity contribution in [1.29, 1.82) is 0 Å². The number of aliphatic hydroxyl groups is 3. The summed E-state index contributed by atoms with van der Waals surface area (Å²) < 4.78 is 5.14. The van der Waals surface area contributed by atoms with Gasteiger partial charge in [0.05, 0.1) is 18.3 Å². The van der Waals surface area contributed by atoms with Crippen molar-refractivity contribution in [2.45, 2.75) is 57.0 Å². The minimum atomic E-state index is -0.787. The van der Waals surface area contributed by atoms with Crippen LogP contribution < -0.4 is 0 Å². The second kappa shape index (κ2) is 7.20. The molecule has 1 saturated carbocycles. The highest BCUT2D eigenvalue weighted by atomic mass is 16.5. The summed E-state index contributed by atoms with van der Waals surface area (Å²) in [5.74, 6) is -0.576. The molecule has 0 aromatic heterocycles. The van der Waals surface area contributed by atoms with Crippen molar-refractivity contribution in [2.75, 3.05) is 0 Å². The second-order valence-electron chi connectivity index (χ2n) is 6.10. The SMILES string of the molecule is C[C@@H]1C[C@@H](O)C/C=C/[C@@H]2C[C@H](O)C[C@@H]2[C@H](O)/C=C/C(=O)O1. The maximum absolute atomic E-state index is 11.6. The van der Waals surface area contributed by atoms with Crippen molar-refractivity contribution in [3.63, 3.8) is 0 Å². The van der Waals surface area contributed by atoms with E-state index >= 15 is 0 Å². The molecule has 5 nitrogen and oxygen atoms in total. The molecule has 2 aliphatic rings. The third-order valence-corrected chi connectivity index (χ3v) is 4.22. The molecule has 0 bridgehead atoms. The van der Waals surface area contributed by atoms with E-state index in [9.17, 15) is 20.1 Å². The topological polar surface area (TPSA) is 87.0 Å². The summed E-state index contributed by atoms with van der Waals surface area (Å²) in [6, 6.07) is 0. The highest BCUT2D eigenvalue weighted by molar-refractivity contribution is 5.82. The molecule has 0 amide bonds. The van der Waals surface area contributed by atoms with Gasteiger partial charge < -0.3 is 20.1 Å². The molecule has 3 N–H and O–H groups in total. The highest BCUT2D eigenvalue weighted by Gasteiger charge is 2.35. The molecule has 0 aromatic carbocycles. The van der Waals surface area contributed by atoms with Gasteiger partial charge in [-0.25, -0.2) is 4.79 Å². The van der Waals surface area contributed by atoms with Gasteiger partial charge in [0, 0.05) is 12.5 Å². The second-order valence-corrected chi connectivity index (χ2v) is 6.10. The molecule has 21 heavy (non-hydrogen) atoms. The molecule has 5 heteroatoms. The lowest BCUT2D eigenvalue weighted by Gasteiger charge is -2.19. The van der Waals surface area contributed by atoms with Crippen molar-refractivity contribution in [1.82, 2.24) is 0 Å². The van der Waals surface area contributed by atoms with Crippen LogP contribution in [0.1, 0.15) is 32.6 Å². The van der Waals surface area contributed by atoms with Crippen LogP contribution in [0.25, 0.3) is 0 Å². The van der Waals surface area contributed by atoms with Gasteiger partial charge in [-0.15, -0.1) is 0 Å². The Balaban J connectivity index is 2.15. The first-order valence-electron chi connectivity index (χ1n) is 7.55. The number of carbonyl (C=O) groups excluding carboxylic acids is 1. The molecular weight excluding hydrogens is 272 g/mol. The number of fused-ring (bicyclic) bond motifs is 1. The van der Waals surface area contributed by atoms with E-state index in [0.717, 1.165) is 0 Å². The lowest BCUT2D eigenvalue weighted by Crippen LogP contribution is -2.22. The molecule has 0 saturated heterocycles. The largest absolute Gasteiger partial charge is 0.459 e. The maximum atomic E-state index is 11.6. The van der Waals surface area contributed by atoms with Crippen LogP contribution in [0.15, 0.2) is 24.3 Å². The Morgan fingerprint density at radius 3 is 2.62 bits per heavy atom. The van der Waals surface area contributed by atoms with Crippen LogP contribution in [0.4, 0.5) is 0 Å². The van der Waals surface area contributed by atoms with Gasteiger partial charge in [0.2, 0.25) is 0 Å². The Kier molecular flexibility index (Phi) is 5.56. The van der Waals surface area contributed by atoms with Gasteiger partial charge in [-0.3, -0.25) is 0 Å². The van der Waals surface area contributed by atoms with Gasteiger partial charge in [0.1, 0.15) is 6.10 Å². The number of carbonyl (C=O) groups is 1. The molecule has 6 atom stereocenters. The zero-order valence-electron chi connectivity index (χ0n) is 12.3. The van der Waals surface area contributed by atoms with Crippen molar-refractivity contribution >= 4 is 5.97 Å². The van der Waals surface area contributed by atoms with Crippen molar-refractivity contribution < 1.29 is 24.9 Å². The molecule has 1 fully saturated rings. The summed E-state index contributed by atoms with van der Waals surface area (Å²) in [5, 5.41) is 29.9. The van der Waals surface area contributed by atoms with Gasteiger partial charge in [-0.1, -0.05) is 12.2 Å². The van der Waals surface area contributed by atoms with E-state index in [2.05, 4.69) is 0 Å². The van der Waals surface area contributed by atoms with Gasteiger partial charge in [0.25, 0.3) is 0 Å². The summed E-state index contributed by atoms with van der Waals surface area (Å²) in [5.41, 5.74) is 0. The molecule has 1 heterocycles. The zero-order chi connectivity index (χ0) is 15.4. The molecule has 2 rings (SSSR count). The molecule has 0 unspecified atom stereocenters. The molecule has 1 aliphatic carbocycles. The number of allylic oxidation sites excluding steroid dienone is 1. The van der Waals surface area contributed by atoms with E-state index in [4.69, 9.17) is 4.74 Å². The number of hydrogen-bond donors (Lipinski definition) is 3. The summed E-state index contributed by atoms with van der Waals surface area (Å²) in [7, 11) is 0. The summed E-state index contributed by atoms with van der Waals surface area (Å²) in [6.07, 6.45) is 6.33. The van der Waals surface area contributed by atoms with Crippen LogP contribution in [0.5, 0.6) is 0 Å². The van der Waals surface area contributed by atoms with Gasteiger partial charge >= 0.3 is 5.97 Å². The number of hydrogen-bond acceptors (Lipinski definition) is 5. The van der Waals surface area contributed by atoms with Crippen LogP contribution in [0, 0.1) is 11.8 Å². The molecule has 0 aromatic rings. The Bertz CT molecular complexity index is 417. The van der Waals surface area contributed by atoms with E-state index in [1.54, 1.807) is 6.92 Å². The van der Waals surface area contributed by atoms with Crippen LogP contribution in [0.2, 0.25) is 0 Å². The summed E-state index contributed by atoms with van der Waals surface area (Å²) >= 11 is 0. The van der Waals surface area contributed by atoms with Crippen molar-refractivity contribution in [3.8, 4) is 0 Å². The van der Waals surface area contributed by atoms with Gasteiger partial charge in [-0.2, -0.15) is 0 Å². The third-order valence-electron chi connectivity index (χ3n) is 4.22. The van der Waals surface area contributed by atoms with Crippen molar-refractivity contribution in [2.24, 2.45) is 11.8 Å². The first-order valence-corrected chi connectivity index (χ1v) is 7.55. The Morgan fingerprint density at radius 1 is 1.10 bits per heavy atom.